The molecule has 2 N–H and O–H groups in total. The first kappa shape index (κ1) is 10.7. The molecule has 0 saturated carbocycles. The maximum atomic E-state index is 6.06. The second kappa shape index (κ2) is 4.41. The van der Waals surface area contributed by atoms with Crippen LogP contribution in [0.5, 0.6) is 0 Å². The van der Waals surface area contributed by atoms with Crippen LogP contribution in [-0.4, -0.2) is 17.8 Å². The number of hydrogen-bond donors (Lipinski definition) is 1. The van der Waals surface area contributed by atoms with Gasteiger partial charge in [-0.1, -0.05) is 12.1 Å². The van der Waals surface area contributed by atoms with Crippen molar-refractivity contribution in [1.82, 2.24) is 4.57 Å². The van der Waals surface area contributed by atoms with E-state index in [4.69, 9.17) is 10.5 Å². The van der Waals surface area contributed by atoms with Crippen molar-refractivity contribution in [2.45, 2.75) is 19.4 Å². The second-order valence-electron chi connectivity index (χ2n) is 4.81. The lowest BCUT2D eigenvalue weighted by atomic mass is 10.0. The topological polar surface area (TPSA) is 40.2 Å². The summed E-state index contributed by atoms with van der Waals surface area (Å²) in [7, 11) is 0. The van der Waals surface area contributed by atoms with Gasteiger partial charge >= 0.3 is 0 Å². The van der Waals surface area contributed by atoms with Gasteiger partial charge in [-0.2, -0.15) is 0 Å². The number of anilines is 1. The van der Waals surface area contributed by atoms with Crippen molar-refractivity contribution in [3.63, 3.8) is 0 Å². The Balaban J connectivity index is 1.89. The Labute approximate surface area is 101 Å². The summed E-state index contributed by atoms with van der Waals surface area (Å²) in [5.41, 5.74) is 8.12. The minimum atomic E-state index is 0.721. The summed E-state index contributed by atoms with van der Waals surface area (Å²) in [6.07, 6.45) is 4.47. The van der Waals surface area contributed by atoms with Crippen molar-refractivity contribution in [3.05, 3.63) is 30.5 Å². The van der Waals surface area contributed by atoms with Gasteiger partial charge in [0.25, 0.3) is 0 Å². The minimum Gasteiger partial charge on any atom is -0.397 e. The van der Waals surface area contributed by atoms with Crippen molar-refractivity contribution in [3.8, 4) is 0 Å². The highest BCUT2D eigenvalue weighted by atomic mass is 16.5. The SMILES string of the molecule is Nc1cccc2ccn(CC3CCOCC3)c12. The number of nitrogen functional groups attached to an aromatic ring is 1. The van der Waals surface area contributed by atoms with Gasteiger partial charge in [-0.3, -0.25) is 0 Å². The Kier molecular flexibility index (Phi) is 2.77. The number of rotatable bonds is 2. The molecule has 1 fully saturated rings. The summed E-state index contributed by atoms with van der Waals surface area (Å²) >= 11 is 0. The molecule has 0 aliphatic carbocycles. The number of fused-ring (bicyclic) bond motifs is 1. The van der Waals surface area contributed by atoms with Crippen molar-refractivity contribution in [1.29, 1.82) is 0 Å². The predicted molar refractivity (Wildman–Crippen MR) is 69.9 cm³/mol. The van der Waals surface area contributed by atoms with Gasteiger partial charge in [0.05, 0.1) is 11.2 Å². The van der Waals surface area contributed by atoms with E-state index in [9.17, 15) is 0 Å². The van der Waals surface area contributed by atoms with Crippen LogP contribution < -0.4 is 5.73 Å². The van der Waals surface area contributed by atoms with Crippen LogP contribution in [0.15, 0.2) is 30.5 Å². The summed E-state index contributed by atoms with van der Waals surface area (Å²) in [4.78, 5) is 0. The quantitative estimate of drug-likeness (QED) is 0.806. The third-order valence-electron chi connectivity index (χ3n) is 3.62. The zero-order valence-corrected chi connectivity index (χ0v) is 9.93. The van der Waals surface area contributed by atoms with Gasteiger partial charge in [0.15, 0.2) is 0 Å². The zero-order valence-electron chi connectivity index (χ0n) is 9.93. The fraction of sp³-hybridized carbons (Fsp3) is 0.429. The molecule has 1 aromatic heterocycles. The van der Waals surface area contributed by atoms with Gasteiger partial charge < -0.3 is 15.0 Å². The smallest absolute Gasteiger partial charge is 0.0713 e. The molecule has 3 heteroatoms. The molecule has 1 aliphatic rings. The lowest BCUT2D eigenvalue weighted by Gasteiger charge is -2.23. The number of nitrogens with two attached hydrogens (primary N) is 1. The highest BCUT2D eigenvalue weighted by molar-refractivity contribution is 5.90. The Bertz CT molecular complexity index is 512. The molecule has 2 heterocycles. The molecule has 0 radical (unpaired) electrons. The van der Waals surface area contributed by atoms with E-state index in [1.54, 1.807) is 0 Å². The van der Waals surface area contributed by atoms with Crippen LogP contribution in [-0.2, 0) is 11.3 Å². The van der Waals surface area contributed by atoms with Crippen LogP contribution in [0.4, 0.5) is 5.69 Å². The van der Waals surface area contributed by atoms with E-state index in [1.807, 2.05) is 12.1 Å². The monoisotopic (exact) mass is 230 g/mol. The fourth-order valence-corrected chi connectivity index (χ4v) is 2.65. The van der Waals surface area contributed by atoms with Crippen molar-refractivity contribution >= 4 is 16.6 Å². The molecule has 0 bridgehead atoms. The number of ether oxygens (including phenoxy) is 1. The highest BCUT2D eigenvalue weighted by Gasteiger charge is 2.15. The van der Waals surface area contributed by atoms with E-state index in [0.29, 0.717) is 0 Å². The third-order valence-corrected chi connectivity index (χ3v) is 3.62. The Hall–Kier alpha value is -1.48. The molecule has 17 heavy (non-hydrogen) atoms. The number of benzene rings is 1. The molecule has 0 spiro atoms. The second-order valence-corrected chi connectivity index (χ2v) is 4.81. The minimum absolute atomic E-state index is 0.721. The molecule has 1 aliphatic heterocycles. The molecule has 1 aromatic carbocycles. The largest absolute Gasteiger partial charge is 0.397 e. The average Bonchev–Trinajstić information content (AvgIpc) is 2.75. The molecular weight excluding hydrogens is 212 g/mol. The standard InChI is InChI=1S/C14H18N2O/c15-13-3-1-2-12-4-7-16(14(12)13)10-11-5-8-17-9-6-11/h1-4,7,11H,5-6,8-10,15H2. The van der Waals surface area contributed by atoms with Gasteiger partial charge in [0.1, 0.15) is 0 Å². The van der Waals surface area contributed by atoms with E-state index in [-0.39, 0.29) is 0 Å². The first-order chi connectivity index (χ1) is 8.34. The average molecular weight is 230 g/mol. The van der Waals surface area contributed by atoms with E-state index >= 15 is 0 Å². The number of aromatic nitrogens is 1. The number of nitrogens with zero attached hydrogens (tertiary/aromatic N) is 1. The van der Waals surface area contributed by atoms with Crippen LogP contribution in [0.3, 0.4) is 0 Å². The van der Waals surface area contributed by atoms with E-state index in [2.05, 4.69) is 22.9 Å². The highest BCUT2D eigenvalue weighted by Crippen LogP contribution is 2.25. The summed E-state index contributed by atoms with van der Waals surface area (Å²) in [5, 5.41) is 1.23. The molecule has 3 rings (SSSR count). The van der Waals surface area contributed by atoms with Gasteiger partial charge in [-0.25, -0.2) is 0 Å². The van der Waals surface area contributed by atoms with Crippen LogP contribution in [0.25, 0.3) is 10.9 Å². The van der Waals surface area contributed by atoms with Gasteiger partial charge in [0, 0.05) is 31.3 Å². The van der Waals surface area contributed by atoms with Gasteiger partial charge in [0.2, 0.25) is 0 Å². The van der Waals surface area contributed by atoms with Gasteiger partial charge in [-0.05, 0) is 30.9 Å². The Morgan fingerprint density at radius 3 is 2.88 bits per heavy atom. The molecule has 0 atom stereocenters. The van der Waals surface area contributed by atoms with Gasteiger partial charge in [-0.15, -0.1) is 0 Å². The first-order valence-corrected chi connectivity index (χ1v) is 6.25. The fourth-order valence-electron chi connectivity index (χ4n) is 2.65. The predicted octanol–water partition coefficient (Wildman–Crippen LogP) is 2.65. The third kappa shape index (κ3) is 2.03. The van der Waals surface area contributed by atoms with Crippen molar-refractivity contribution in [2.75, 3.05) is 18.9 Å². The van der Waals surface area contributed by atoms with E-state index in [0.717, 1.165) is 44.2 Å². The molecule has 2 aromatic rings. The molecule has 1 saturated heterocycles. The van der Waals surface area contributed by atoms with E-state index in [1.165, 1.54) is 10.9 Å². The maximum Gasteiger partial charge on any atom is 0.0713 e. The van der Waals surface area contributed by atoms with Crippen LogP contribution >= 0.6 is 0 Å². The molecule has 0 unspecified atom stereocenters. The van der Waals surface area contributed by atoms with Crippen LogP contribution in [0.2, 0.25) is 0 Å². The number of hydrogen-bond acceptors (Lipinski definition) is 2. The Morgan fingerprint density at radius 1 is 1.24 bits per heavy atom. The maximum absolute atomic E-state index is 6.06. The zero-order chi connectivity index (χ0) is 11.7. The lowest BCUT2D eigenvalue weighted by molar-refractivity contribution is 0.0616. The van der Waals surface area contributed by atoms with Crippen molar-refractivity contribution in [2.24, 2.45) is 5.92 Å². The summed E-state index contributed by atoms with van der Waals surface area (Å²) in [6, 6.07) is 8.25. The summed E-state index contributed by atoms with van der Waals surface area (Å²) in [6.45, 7) is 2.86. The number of para-hydroxylation sites is 1. The summed E-state index contributed by atoms with van der Waals surface area (Å²) in [5.74, 6) is 0.721. The lowest BCUT2D eigenvalue weighted by Crippen LogP contribution is -2.20. The van der Waals surface area contributed by atoms with Crippen LogP contribution in [0.1, 0.15) is 12.8 Å². The molecule has 0 amide bonds. The van der Waals surface area contributed by atoms with Crippen molar-refractivity contribution < 1.29 is 4.74 Å². The van der Waals surface area contributed by atoms with E-state index < -0.39 is 0 Å². The normalized spacial score (nSPS) is 17.6. The Morgan fingerprint density at radius 2 is 2.06 bits per heavy atom. The molecule has 90 valence electrons. The van der Waals surface area contributed by atoms with Crippen LogP contribution in [0, 0.1) is 5.92 Å². The molecular formula is C14H18N2O. The first-order valence-electron chi connectivity index (χ1n) is 6.25. The summed E-state index contributed by atoms with van der Waals surface area (Å²) < 4.78 is 7.69. The molecule has 3 nitrogen and oxygen atoms in total.